The topological polar surface area (TPSA) is 49.7 Å². The van der Waals surface area contributed by atoms with Crippen LogP contribution in [0.1, 0.15) is 77.6 Å². The first-order valence-electron chi connectivity index (χ1n) is 10.4. The number of unbranched alkanes of at least 4 members (excludes halogenated alkanes) is 9. The first-order chi connectivity index (χ1) is 12.0. The van der Waals surface area contributed by atoms with Crippen LogP contribution in [-0.2, 0) is 4.74 Å². The normalized spacial score (nSPS) is 13.3. The summed E-state index contributed by atoms with van der Waals surface area (Å²) >= 11 is 0.845. The SMILES string of the molecule is CCCCCCCCCCCC[N+](C)(C)CC(O)COCCCSO. The lowest BCUT2D eigenvalue weighted by molar-refractivity contribution is -0.893. The molecule has 1 unspecified atom stereocenters. The number of aliphatic hydroxyl groups excluding tert-OH is 1. The molecule has 4 nitrogen and oxygen atoms in total. The maximum absolute atomic E-state index is 10.1. The summed E-state index contributed by atoms with van der Waals surface area (Å²) in [5.41, 5.74) is 0. The largest absolute Gasteiger partial charge is 0.385 e. The summed E-state index contributed by atoms with van der Waals surface area (Å²) in [6, 6.07) is 0. The Morgan fingerprint density at radius 1 is 0.880 bits per heavy atom. The summed E-state index contributed by atoms with van der Waals surface area (Å²) in [5.74, 6) is 0.691. The Kier molecular flexibility index (Phi) is 17.7. The van der Waals surface area contributed by atoms with Crippen LogP contribution in [0.2, 0.25) is 0 Å². The van der Waals surface area contributed by atoms with Crippen molar-refractivity contribution >= 4 is 12.0 Å². The highest BCUT2D eigenvalue weighted by atomic mass is 32.2. The lowest BCUT2D eigenvalue weighted by Crippen LogP contribution is -2.47. The third kappa shape index (κ3) is 18.8. The third-order valence-electron chi connectivity index (χ3n) is 4.66. The van der Waals surface area contributed by atoms with E-state index in [2.05, 4.69) is 21.0 Å². The average Bonchev–Trinajstić information content (AvgIpc) is 2.56. The zero-order chi connectivity index (χ0) is 18.8. The molecule has 0 bridgehead atoms. The second kappa shape index (κ2) is 17.6. The number of quaternary nitrogens is 1. The summed E-state index contributed by atoms with van der Waals surface area (Å²) < 4.78 is 15.0. The highest BCUT2D eigenvalue weighted by Crippen LogP contribution is 2.12. The number of nitrogens with zero attached hydrogens (tertiary/aromatic N) is 1. The number of aliphatic hydroxyl groups is 1. The molecule has 0 aliphatic rings. The van der Waals surface area contributed by atoms with Gasteiger partial charge in [0.05, 0.1) is 27.2 Å². The van der Waals surface area contributed by atoms with Crippen molar-refractivity contribution in [1.82, 2.24) is 0 Å². The molecule has 0 fully saturated rings. The minimum atomic E-state index is -0.403. The fourth-order valence-corrected chi connectivity index (χ4v) is 3.43. The van der Waals surface area contributed by atoms with Gasteiger partial charge in [0.1, 0.15) is 12.6 Å². The maximum atomic E-state index is 10.1. The van der Waals surface area contributed by atoms with Crippen molar-refractivity contribution < 1.29 is 18.9 Å². The van der Waals surface area contributed by atoms with Gasteiger partial charge >= 0.3 is 0 Å². The Morgan fingerprint density at radius 2 is 1.44 bits per heavy atom. The van der Waals surface area contributed by atoms with Gasteiger partial charge in [-0.05, 0) is 31.3 Å². The predicted octanol–water partition coefficient (Wildman–Crippen LogP) is 4.96. The van der Waals surface area contributed by atoms with Crippen LogP contribution in [0.25, 0.3) is 0 Å². The molecule has 0 rings (SSSR count). The van der Waals surface area contributed by atoms with Crippen molar-refractivity contribution in [3.63, 3.8) is 0 Å². The van der Waals surface area contributed by atoms with E-state index >= 15 is 0 Å². The Bertz CT molecular complexity index is 278. The van der Waals surface area contributed by atoms with Crippen molar-refractivity contribution in [3.05, 3.63) is 0 Å². The number of ether oxygens (including phenoxy) is 1. The van der Waals surface area contributed by atoms with E-state index < -0.39 is 6.10 Å². The van der Waals surface area contributed by atoms with Gasteiger partial charge in [-0.3, -0.25) is 0 Å². The Hall–Kier alpha value is 0.190. The smallest absolute Gasteiger partial charge is 0.126 e. The van der Waals surface area contributed by atoms with E-state index in [0.29, 0.717) is 19.0 Å². The highest BCUT2D eigenvalue weighted by Gasteiger charge is 2.20. The summed E-state index contributed by atoms with van der Waals surface area (Å²) in [5, 5.41) is 10.1. The molecule has 25 heavy (non-hydrogen) atoms. The molecule has 152 valence electrons. The number of hydrogen-bond acceptors (Lipinski definition) is 4. The van der Waals surface area contributed by atoms with E-state index in [1.807, 2.05) is 0 Å². The van der Waals surface area contributed by atoms with Crippen molar-refractivity contribution in [2.24, 2.45) is 0 Å². The Balaban J connectivity index is 3.50. The molecule has 0 radical (unpaired) electrons. The molecular formula is C20H44NO3S+. The van der Waals surface area contributed by atoms with E-state index in [0.717, 1.165) is 36.0 Å². The summed E-state index contributed by atoms with van der Waals surface area (Å²) in [7, 11) is 4.39. The first kappa shape index (κ1) is 25.2. The molecular weight excluding hydrogens is 334 g/mol. The molecule has 0 aliphatic heterocycles. The van der Waals surface area contributed by atoms with Crippen LogP contribution < -0.4 is 0 Å². The quantitative estimate of drug-likeness (QED) is 0.189. The summed E-state index contributed by atoms with van der Waals surface area (Å²) in [6.45, 7) is 5.14. The van der Waals surface area contributed by atoms with Gasteiger partial charge < -0.3 is 18.9 Å². The summed E-state index contributed by atoms with van der Waals surface area (Å²) in [6.07, 6.45) is 14.0. The minimum absolute atomic E-state index is 0.399. The van der Waals surface area contributed by atoms with Crippen LogP contribution in [0.3, 0.4) is 0 Å². The fraction of sp³-hybridized carbons (Fsp3) is 1.00. The van der Waals surface area contributed by atoms with E-state index in [4.69, 9.17) is 9.29 Å². The van der Waals surface area contributed by atoms with Gasteiger partial charge in [0.15, 0.2) is 0 Å². The third-order valence-corrected chi connectivity index (χ3v) is 5.13. The van der Waals surface area contributed by atoms with Gasteiger partial charge in [0, 0.05) is 12.4 Å². The van der Waals surface area contributed by atoms with E-state index in [9.17, 15) is 5.11 Å². The fourth-order valence-electron chi connectivity index (χ4n) is 3.19. The second-order valence-electron chi connectivity index (χ2n) is 7.94. The van der Waals surface area contributed by atoms with Crippen molar-refractivity contribution in [1.29, 1.82) is 0 Å². The van der Waals surface area contributed by atoms with E-state index in [-0.39, 0.29) is 0 Å². The molecule has 0 spiro atoms. The van der Waals surface area contributed by atoms with Crippen molar-refractivity contribution in [2.75, 3.05) is 46.2 Å². The van der Waals surface area contributed by atoms with Crippen LogP contribution in [0, 0.1) is 0 Å². The molecule has 0 aromatic rings. The summed E-state index contributed by atoms with van der Waals surface area (Å²) in [4.78, 5) is 0. The molecule has 0 aliphatic carbocycles. The molecule has 5 heteroatoms. The average molecular weight is 379 g/mol. The molecule has 0 aromatic carbocycles. The van der Waals surface area contributed by atoms with Gasteiger partial charge in [-0.25, -0.2) is 0 Å². The number of hydrogen-bond donors (Lipinski definition) is 2. The monoisotopic (exact) mass is 378 g/mol. The van der Waals surface area contributed by atoms with E-state index in [1.54, 1.807) is 0 Å². The first-order valence-corrected chi connectivity index (χ1v) is 11.3. The van der Waals surface area contributed by atoms with Gasteiger partial charge in [-0.1, -0.05) is 58.3 Å². The van der Waals surface area contributed by atoms with Crippen LogP contribution in [0.4, 0.5) is 0 Å². The van der Waals surface area contributed by atoms with Gasteiger partial charge in [0.25, 0.3) is 0 Å². The number of likely N-dealkylation sites (N-methyl/N-ethyl adjacent to an activating group) is 1. The zero-order valence-electron chi connectivity index (χ0n) is 17.0. The number of rotatable bonds is 19. The van der Waals surface area contributed by atoms with Crippen LogP contribution in [0.15, 0.2) is 0 Å². The molecule has 0 aromatic heterocycles. The molecule has 0 saturated heterocycles. The molecule has 1 atom stereocenters. The standard InChI is InChI=1S/C20H43NO3S/c1-4-5-6-7-8-9-10-11-12-13-15-21(2,3)18-20(22)19-24-16-14-17-25-23/h20,22H,4-19H2,1-3H3/p+1. The minimum Gasteiger partial charge on any atom is -0.385 e. The van der Waals surface area contributed by atoms with Gasteiger partial charge in [-0.2, -0.15) is 0 Å². The Morgan fingerprint density at radius 3 is 2.00 bits per heavy atom. The van der Waals surface area contributed by atoms with Crippen LogP contribution in [-0.4, -0.2) is 66.4 Å². The maximum Gasteiger partial charge on any atom is 0.126 e. The zero-order valence-corrected chi connectivity index (χ0v) is 17.9. The molecule has 2 N–H and O–H groups in total. The highest BCUT2D eigenvalue weighted by molar-refractivity contribution is 7.93. The Labute approximate surface area is 161 Å². The van der Waals surface area contributed by atoms with Crippen molar-refractivity contribution in [2.45, 2.75) is 83.7 Å². The lowest BCUT2D eigenvalue weighted by Gasteiger charge is -2.32. The van der Waals surface area contributed by atoms with Gasteiger partial charge in [-0.15, -0.1) is 0 Å². The van der Waals surface area contributed by atoms with E-state index in [1.165, 1.54) is 64.2 Å². The second-order valence-corrected chi connectivity index (χ2v) is 8.61. The molecule has 0 saturated carbocycles. The molecule has 0 amide bonds. The van der Waals surface area contributed by atoms with Crippen LogP contribution in [0.5, 0.6) is 0 Å². The van der Waals surface area contributed by atoms with Crippen molar-refractivity contribution in [3.8, 4) is 0 Å². The van der Waals surface area contributed by atoms with Crippen LogP contribution >= 0.6 is 12.0 Å². The van der Waals surface area contributed by atoms with Gasteiger partial charge in [0.2, 0.25) is 0 Å². The lowest BCUT2D eigenvalue weighted by atomic mass is 10.1. The molecule has 0 heterocycles. The predicted molar refractivity (Wildman–Crippen MR) is 110 cm³/mol.